The van der Waals surface area contributed by atoms with E-state index in [4.69, 9.17) is 4.74 Å². The molecule has 1 heterocycles. The van der Waals surface area contributed by atoms with Gasteiger partial charge in [-0.15, -0.1) is 0 Å². The molecule has 3 fully saturated rings. The minimum Gasteiger partial charge on any atom is -0.457 e. The van der Waals surface area contributed by atoms with Crippen molar-refractivity contribution in [3.05, 3.63) is 34.9 Å². The Labute approximate surface area is 192 Å². The van der Waals surface area contributed by atoms with Crippen molar-refractivity contribution in [3.63, 3.8) is 0 Å². The second kappa shape index (κ2) is 8.19. The molecule has 1 saturated heterocycles. The number of hydrogen-bond acceptors (Lipinski definition) is 5. The average Bonchev–Trinajstić information content (AvgIpc) is 3.32. The number of halogens is 2. The first kappa shape index (κ1) is 21.7. The van der Waals surface area contributed by atoms with Crippen LogP contribution in [0.15, 0.2) is 18.2 Å². The van der Waals surface area contributed by atoms with E-state index >= 15 is 0 Å². The van der Waals surface area contributed by atoms with Gasteiger partial charge in [0.1, 0.15) is 0 Å². The van der Waals surface area contributed by atoms with Gasteiger partial charge in [-0.3, -0.25) is 24.1 Å². The summed E-state index contributed by atoms with van der Waals surface area (Å²) in [5.74, 6) is -1.52. The maximum Gasteiger partial charge on any atom is 0.308 e. The number of ether oxygens (including phenoxy) is 1. The van der Waals surface area contributed by atoms with Crippen LogP contribution in [-0.4, -0.2) is 51.3 Å². The molecule has 0 N–H and O–H groups in total. The standard InChI is InChI=1S/C22H23Br2NO5/c1-10-3-4-12(7-11(10)2)15(26)9-30-16(27)5-6-25-21(28)17-13-8-14(18(17)22(25)29)20(24)19(13)23/h3-4,7,13-14,17-20H,5-6,8-9H2,1-2H3/t13-,14-,17-,18-,19-,20+/m0/s1. The summed E-state index contributed by atoms with van der Waals surface area (Å²) in [5.41, 5.74) is 2.57. The number of alkyl halides is 2. The molecule has 2 saturated carbocycles. The molecule has 0 spiro atoms. The number of hydrogen-bond donors (Lipinski definition) is 0. The van der Waals surface area contributed by atoms with Gasteiger partial charge in [-0.25, -0.2) is 0 Å². The van der Waals surface area contributed by atoms with E-state index in [9.17, 15) is 19.2 Å². The smallest absolute Gasteiger partial charge is 0.308 e. The third-order valence-corrected chi connectivity index (χ3v) is 10.0. The lowest BCUT2D eigenvalue weighted by molar-refractivity contribution is -0.145. The monoisotopic (exact) mass is 539 g/mol. The molecule has 1 aliphatic heterocycles. The molecule has 8 heteroatoms. The zero-order valence-corrected chi connectivity index (χ0v) is 19.9. The lowest BCUT2D eigenvalue weighted by Gasteiger charge is -2.28. The number of fused-ring (bicyclic) bond motifs is 5. The minimum atomic E-state index is -0.593. The molecule has 2 aliphatic carbocycles. The van der Waals surface area contributed by atoms with Crippen LogP contribution in [0, 0.1) is 37.5 Å². The highest BCUT2D eigenvalue weighted by atomic mass is 79.9. The molecule has 2 amide bonds. The Hall–Kier alpha value is -1.54. The van der Waals surface area contributed by atoms with Crippen LogP contribution in [0.1, 0.15) is 34.3 Å². The molecule has 6 atom stereocenters. The first-order chi connectivity index (χ1) is 14.2. The Morgan fingerprint density at radius 1 is 1.03 bits per heavy atom. The summed E-state index contributed by atoms with van der Waals surface area (Å²) in [7, 11) is 0. The maximum atomic E-state index is 12.8. The Bertz CT molecular complexity index is 900. The maximum absolute atomic E-state index is 12.8. The fourth-order valence-corrected chi connectivity index (χ4v) is 6.92. The second-order valence-electron chi connectivity index (χ2n) is 8.46. The van der Waals surface area contributed by atoms with E-state index < -0.39 is 5.97 Å². The van der Waals surface area contributed by atoms with E-state index in [-0.39, 0.29) is 70.5 Å². The van der Waals surface area contributed by atoms with E-state index in [1.165, 1.54) is 4.90 Å². The molecule has 4 rings (SSSR count). The Balaban J connectivity index is 1.30. The quantitative estimate of drug-likeness (QED) is 0.239. The summed E-state index contributed by atoms with van der Waals surface area (Å²) in [6.07, 6.45) is 0.761. The van der Waals surface area contributed by atoms with Crippen molar-refractivity contribution >= 4 is 55.4 Å². The molecule has 30 heavy (non-hydrogen) atoms. The molecule has 2 bridgehead atoms. The lowest BCUT2D eigenvalue weighted by Crippen LogP contribution is -2.37. The van der Waals surface area contributed by atoms with Crippen LogP contribution in [0.3, 0.4) is 0 Å². The summed E-state index contributed by atoms with van der Waals surface area (Å²) in [6, 6.07) is 5.34. The third-order valence-electron chi connectivity index (χ3n) is 6.81. The number of carbonyl (C=O) groups excluding carboxylic acids is 4. The fraction of sp³-hybridized carbons (Fsp3) is 0.545. The van der Waals surface area contributed by atoms with E-state index in [0.29, 0.717) is 5.56 Å². The number of likely N-dealkylation sites (tertiary alicyclic amines) is 1. The number of carbonyl (C=O) groups is 4. The first-order valence-electron chi connectivity index (χ1n) is 10.1. The van der Waals surface area contributed by atoms with Crippen LogP contribution in [0.2, 0.25) is 0 Å². The predicted octanol–water partition coefficient (Wildman–Crippen LogP) is 3.20. The number of amides is 2. The van der Waals surface area contributed by atoms with Crippen molar-refractivity contribution in [2.24, 2.45) is 23.7 Å². The van der Waals surface area contributed by atoms with Gasteiger partial charge in [0.15, 0.2) is 12.4 Å². The fourth-order valence-electron chi connectivity index (χ4n) is 5.05. The van der Waals surface area contributed by atoms with Gasteiger partial charge < -0.3 is 4.74 Å². The number of esters is 1. The molecule has 160 valence electrons. The summed E-state index contributed by atoms with van der Waals surface area (Å²) in [5, 5.41) is 0. The van der Waals surface area contributed by atoms with Gasteiger partial charge in [0, 0.05) is 21.8 Å². The highest BCUT2D eigenvalue weighted by Gasteiger charge is 2.66. The van der Waals surface area contributed by atoms with Crippen molar-refractivity contribution in [3.8, 4) is 0 Å². The summed E-state index contributed by atoms with van der Waals surface area (Å²) >= 11 is 7.31. The van der Waals surface area contributed by atoms with Crippen molar-refractivity contribution in [1.82, 2.24) is 4.90 Å². The zero-order chi connectivity index (χ0) is 21.7. The Kier molecular flexibility index (Phi) is 5.92. The zero-order valence-electron chi connectivity index (χ0n) is 16.8. The van der Waals surface area contributed by atoms with Crippen LogP contribution in [-0.2, 0) is 19.1 Å². The van der Waals surface area contributed by atoms with E-state index in [1.807, 2.05) is 19.9 Å². The molecular weight excluding hydrogens is 518 g/mol. The van der Waals surface area contributed by atoms with Crippen molar-refractivity contribution < 1.29 is 23.9 Å². The molecule has 3 aliphatic rings. The molecular formula is C22H23Br2NO5. The molecule has 0 aromatic heterocycles. The summed E-state index contributed by atoms with van der Waals surface area (Å²) in [4.78, 5) is 51.6. The van der Waals surface area contributed by atoms with Crippen molar-refractivity contribution in [1.29, 1.82) is 0 Å². The summed E-state index contributed by atoms with van der Waals surface area (Å²) < 4.78 is 5.09. The van der Waals surface area contributed by atoms with Gasteiger partial charge in [0.25, 0.3) is 0 Å². The minimum absolute atomic E-state index is 0.000670. The number of rotatable bonds is 6. The van der Waals surface area contributed by atoms with Crippen LogP contribution < -0.4 is 0 Å². The van der Waals surface area contributed by atoms with Gasteiger partial charge in [0.05, 0.1) is 18.3 Å². The van der Waals surface area contributed by atoms with Gasteiger partial charge in [-0.05, 0) is 49.3 Å². The number of nitrogens with zero attached hydrogens (tertiary/aromatic N) is 1. The second-order valence-corrected chi connectivity index (χ2v) is 10.6. The third kappa shape index (κ3) is 3.55. The van der Waals surface area contributed by atoms with Crippen LogP contribution in [0.5, 0.6) is 0 Å². The molecule has 1 aromatic rings. The predicted molar refractivity (Wildman–Crippen MR) is 117 cm³/mol. The van der Waals surface area contributed by atoms with Gasteiger partial charge in [-0.1, -0.05) is 44.0 Å². The number of imide groups is 1. The number of ketones is 1. The van der Waals surface area contributed by atoms with E-state index in [1.54, 1.807) is 12.1 Å². The number of benzene rings is 1. The Morgan fingerprint density at radius 2 is 1.63 bits per heavy atom. The number of Topliss-reactive ketones (excluding diaryl/α,β-unsaturated/α-hetero) is 1. The van der Waals surface area contributed by atoms with Gasteiger partial charge in [-0.2, -0.15) is 0 Å². The van der Waals surface area contributed by atoms with Gasteiger partial charge >= 0.3 is 5.97 Å². The average molecular weight is 541 g/mol. The first-order valence-corrected chi connectivity index (χ1v) is 11.9. The molecule has 6 nitrogen and oxygen atoms in total. The SMILES string of the molecule is Cc1ccc(C(=O)COC(=O)CCN2C(=O)[C@H]3[C@@H]4C[C@H]([C@@H](Br)[C@H]4Br)[C@@H]3C2=O)cc1C. The molecule has 0 unspecified atom stereocenters. The van der Waals surface area contributed by atoms with Crippen LogP contribution in [0.4, 0.5) is 0 Å². The van der Waals surface area contributed by atoms with Crippen molar-refractivity contribution in [2.45, 2.75) is 36.3 Å². The van der Waals surface area contributed by atoms with E-state index in [0.717, 1.165) is 17.5 Å². The van der Waals surface area contributed by atoms with Crippen molar-refractivity contribution in [2.75, 3.05) is 13.2 Å². The Morgan fingerprint density at radius 3 is 2.20 bits per heavy atom. The lowest BCUT2D eigenvalue weighted by atomic mass is 9.81. The van der Waals surface area contributed by atoms with Crippen LogP contribution in [0.25, 0.3) is 0 Å². The van der Waals surface area contributed by atoms with Gasteiger partial charge in [0.2, 0.25) is 11.8 Å². The topological polar surface area (TPSA) is 80.8 Å². The van der Waals surface area contributed by atoms with Crippen LogP contribution >= 0.6 is 31.9 Å². The number of aryl methyl sites for hydroxylation is 2. The highest BCUT2D eigenvalue weighted by molar-refractivity contribution is 9.12. The highest BCUT2D eigenvalue weighted by Crippen LogP contribution is 2.60. The van der Waals surface area contributed by atoms with E-state index in [2.05, 4.69) is 31.9 Å². The molecule has 1 aromatic carbocycles. The summed E-state index contributed by atoms with van der Waals surface area (Å²) in [6.45, 7) is 3.52. The largest absolute Gasteiger partial charge is 0.457 e. The molecule has 0 radical (unpaired) electrons. The normalized spacial score (nSPS) is 31.9.